The molecule has 2 radical (unpaired) electrons. The van der Waals surface area contributed by atoms with Crippen LogP contribution in [0.3, 0.4) is 0 Å². The van der Waals surface area contributed by atoms with Gasteiger partial charge < -0.3 is 10.6 Å². The first kappa shape index (κ1) is 27.1. The van der Waals surface area contributed by atoms with Crippen LogP contribution in [0, 0.1) is 34.9 Å². The number of terminal acetylenes is 1. The molecule has 0 amide bonds. The molecule has 1 aliphatic rings. The predicted molar refractivity (Wildman–Crippen MR) is 148 cm³/mol. The Hall–Kier alpha value is -3.95. The SMILES string of the molecule is [B]C(NC/C=c1/c(NCC(C)(C)C)c(C#N)cn/c1=C(\C)C#C)(c1ccc(F)cc1)c1cn(C2CC2)nn1. The van der Waals surface area contributed by atoms with E-state index in [2.05, 4.69) is 58.7 Å². The fraction of sp³-hybridized carbons (Fsp3) is 0.379. The van der Waals surface area contributed by atoms with Crippen LogP contribution in [-0.4, -0.2) is 40.9 Å². The molecule has 7 nitrogen and oxygen atoms in total. The predicted octanol–water partition coefficient (Wildman–Crippen LogP) is 2.72. The number of aromatic nitrogens is 4. The van der Waals surface area contributed by atoms with Crippen molar-refractivity contribution in [2.24, 2.45) is 5.41 Å². The Bertz CT molecular complexity index is 1520. The van der Waals surface area contributed by atoms with E-state index < -0.39 is 5.44 Å². The van der Waals surface area contributed by atoms with E-state index in [9.17, 15) is 9.65 Å². The zero-order valence-corrected chi connectivity index (χ0v) is 22.2. The van der Waals surface area contributed by atoms with Crippen LogP contribution in [0.15, 0.2) is 36.7 Å². The van der Waals surface area contributed by atoms with Crippen LogP contribution >= 0.6 is 0 Å². The van der Waals surface area contributed by atoms with Crippen LogP contribution in [0.5, 0.6) is 0 Å². The van der Waals surface area contributed by atoms with Crippen LogP contribution in [0.2, 0.25) is 0 Å². The molecule has 0 spiro atoms. The van der Waals surface area contributed by atoms with Crippen molar-refractivity contribution in [1.82, 2.24) is 25.3 Å². The quantitative estimate of drug-likeness (QED) is 0.360. The molecule has 4 rings (SSSR count). The maximum Gasteiger partial charge on any atom is 0.123 e. The third kappa shape index (κ3) is 5.95. The fourth-order valence-corrected chi connectivity index (χ4v) is 4.06. The Morgan fingerprint density at radius 3 is 2.61 bits per heavy atom. The molecule has 2 aromatic heterocycles. The lowest BCUT2D eigenvalue weighted by molar-refractivity contribution is 0.443. The Morgan fingerprint density at radius 1 is 1.29 bits per heavy atom. The lowest BCUT2D eigenvalue weighted by atomic mass is 9.70. The smallest absolute Gasteiger partial charge is 0.123 e. The molecular weight excluding hydrogens is 476 g/mol. The summed E-state index contributed by atoms with van der Waals surface area (Å²) in [7, 11) is 6.93. The molecule has 9 heteroatoms. The molecule has 1 unspecified atom stereocenters. The van der Waals surface area contributed by atoms with Gasteiger partial charge in [-0.3, -0.25) is 4.98 Å². The normalized spacial score (nSPS) is 16.3. The van der Waals surface area contributed by atoms with Crippen molar-refractivity contribution >= 4 is 25.2 Å². The van der Waals surface area contributed by atoms with E-state index in [1.54, 1.807) is 12.1 Å². The third-order valence-electron chi connectivity index (χ3n) is 6.43. The van der Waals surface area contributed by atoms with Gasteiger partial charge in [0.25, 0.3) is 0 Å². The molecule has 3 aromatic rings. The van der Waals surface area contributed by atoms with Crippen molar-refractivity contribution in [3.8, 4) is 18.4 Å². The first-order valence-electron chi connectivity index (χ1n) is 12.6. The third-order valence-corrected chi connectivity index (χ3v) is 6.43. The number of rotatable bonds is 8. The van der Waals surface area contributed by atoms with Gasteiger partial charge in [-0.2, -0.15) is 5.26 Å². The lowest BCUT2D eigenvalue weighted by Gasteiger charge is -2.30. The number of benzene rings is 1. The highest BCUT2D eigenvalue weighted by Crippen LogP contribution is 2.35. The van der Waals surface area contributed by atoms with Crippen molar-refractivity contribution in [2.75, 3.05) is 18.4 Å². The van der Waals surface area contributed by atoms with Gasteiger partial charge in [-0.25, -0.2) is 9.07 Å². The number of nitrogens with one attached hydrogen (secondary N) is 2. The van der Waals surface area contributed by atoms with Crippen LogP contribution in [0.25, 0.3) is 11.6 Å². The van der Waals surface area contributed by atoms with Gasteiger partial charge in [-0.15, -0.1) is 11.5 Å². The summed E-state index contributed by atoms with van der Waals surface area (Å²) in [5, 5.41) is 26.5. The molecule has 1 aromatic carbocycles. The summed E-state index contributed by atoms with van der Waals surface area (Å²) in [4.78, 5) is 4.50. The molecule has 1 fully saturated rings. The summed E-state index contributed by atoms with van der Waals surface area (Å²) in [5.41, 5.74) is 1.60. The van der Waals surface area contributed by atoms with Crippen LogP contribution in [0.4, 0.5) is 10.1 Å². The van der Waals surface area contributed by atoms with Crippen molar-refractivity contribution in [3.63, 3.8) is 0 Å². The number of nitriles is 1. The largest absolute Gasteiger partial charge is 0.383 e. The summed E-state index contributed by atoms with van der Waals surface area (Å²) in [5.74, 6) is 2.31. The van der Waals surface area contributed by atoms with Gasteiger partial charge in [0.15, 0.2) is 0 Å². The van der Waals surface area contributed by atoms with Crippen LogP contribution < -0.4 is 21.2 Å². The number of anilines is 1. The minimum absolute atomic E-state index is 0.0288. The average Bonchev–Trinajstić information content (AvgIpc) is 3.62. The molecule has 0 bridgehead atoms. The number of nitrogens with zero attached hydrogens (tertiary/aromatic N) is 5. The van der Waals surface area contributed by atoms with Crippen LogP contribution in [0.1, 0.15) is 63.4 Å². The second-order valence-electron chi connectivity index (χ2n) is 10.8. The van der Waals surface area contributed by atoms with Crippen molar-refractivity contribution in [3.05, 3.63) is 69.9 Å². The number of hydrogen-bond donors (Lipinski definition) is 2. The zero-order valence-electron chi connectivity index (χ0n) is 22.2. The van der Waals surface area contributed by atoms with Crippen LogP contribution in [-0.2, 0) is 5.44 Å². The maximum absolute atomic E-state index is 13.7. The molecule has 2 N–H and O–H groups in total. The number of hydrogen-bond acceptors (Lipinski definition) is 6. The first-order chi connectivity index (χ1) is 18.1. The summed E-state index contributed by atoms with van der Waals surface area (Å²) in [6.07, 6.45) is 13.1. The Morgan fingerprint density at radius 2 is 2.00 bits per heavy atom. The van der Waals surface area contributed by atoms with Gasteiger partial charge in [0, 0.05) is 35.5 Å². The van der Waals surface area contributed by atoms with Crippen molar-refractivity contribution in [1.29, 1.82) is 5.26 Å². The fourth-order valence-electron chi connectivity index (χ4n) is 4.06. The van der Waals surface area contributed by atoms with E-state index in [0.717, 1.165) is 12.8 Å². The van der Waals surface area contributed by atoms with Crippen molar-refractivity contribution < 1.29 is 4.39 Å². The average molecular weight is 507 g/mol. The highest BCUT2D eigenvalue weighted by molar-refractivity contribution is 6.17. The lowest BCUT2D eigenvalue weighted by Crippen LogP contribution is -2.45. The topological polar surface area (TPSA) is 91.4 Å². The Labute approximate surface area is 224 Å². The Kier molecular flexibility index (Phi) is 7.71. The van der Waals surface area contributed by atoms with E-state index in [0.29, 0.717) is 51.2 Å². The molecule has 192 valence electrons. The van der Waals surface area contributed by atoms with Gasteiger partial charge in [0.1, 0.15) is 19.7 Å². The standard InChI is InChI=1S/C29H31BFN7/c1-6-19(2)26-24(27(20(15-32)16-33-26)34-18-28(3,4)5)13-14-35-29(30,21-7-9-22(31)10-8-21)25-17-38(37-36-25)23-11-12-23/h1,7-10,13,16-17,23,34-35H,11-12,14,18H2,2-5H3/b24-13+,26-19+. The number of halogens is 1. The monoisotopic (exact) mass is 507 g/mol. The zero-order chi connectivity index (χ0) is 27.5. The summed E-state index contributed by atoms with van der Waals surface area (Å²) in [6.45, 7) is 9.05. The minimum atomic E-state index is -1.25. The second-order valence-corrected chi connectivity index (χ2v) is 10.8. The van der Waals surface area contributed by atoms with E-state index >= 15 is 0 Å². The summed E-state index contributed by atoms with van der Waals surface area (Å²) < 4.78 is 15.6. The second kappa shape index (κ2) is 10.8. The van der Waals surface area contributed by atoms with E-state index in [1.165, 1.54) is 18.3 Å². The van der Waals surface area contributed by atoms with E-state index in [4.69, 9.17) is 14.3 Å². The van der Waals surface area contributed by atoms with Gasteiger partial charge in [-0.1, -0.05) is 50.1 Å². The van der Waals surface area contributed by atoms with Crippen molar-refractivity contribution in [2.45, 2.75) is 52.0 Å². The molecule has 1 atom stereocenters. The molecule has 38 heavy (non-hydrogen) atoms. The maximum atomic E-state index is 13.7. The van der Waals surface area contributed by atoms with E-state index in [1.807, 2.05) is 23.9 Å². The first-order valence-corrected chi connectivity index (χ1v) is 12.6. The molecule has 1 aliphatic carbocycles. The van der Waals surface area contributed by atoms with Gasteiger partial charge >= 0.3 is 0 Å². The number of pyridine rings is 1. The highest BCUT2D eigenvalue weighted by Gasteiger charge is 2.33. The minimum Gasteiger partial charge on any atom is -0.383 e. The van der Waals surface area contributed by atoms with Gasteiger partial charge in [0.2, 0.25) is 0 Å². The molecule has 0 aliphatic heterocycles. The molecular formula is C29H31BFN7. The summed E-state index contributed by atoms with van der Waals surface area (Å²) >= 11 is 0. The Balaban J connectivity index is 1.79. The highest BCUT2D eigenvalue weighted by atomic mass is 19.1. The van der Waals surface area contributed by atoms with Gasteiger partial charge in [0.05, 0.1) is 34.5 Å². The van der Waals surface area contributed by atoms with Gasteiger partial charge in [-0.05, 0) is 42.9 Å². The summed E-state index contributed by atoms with van der Waals surface area (Å²) in [6, 6.07) is 8.57. The molecule has 0 saturated heterocycles. The molecule has 1 saturated carbocycles. The van der Waals surface area contributed by atoms with E-state index in [-0.39, 0.29) is 17.8 Å². The molecule has 2 heterocycles.